The standard InChI is InChI=1S/C22H29N3O3/c26-21(23-17-10-11-25(16-17)18-6-2-1-3-7-18)19-8-4-5-9-20(19)22(27)24-12-14-28-15-13-24/h1-7,17,19-20H,8-16H2,(H,23,26)/t17-,19+,20-/m1/s1. The fourth-order valence-electron chi connectivity index (χ4n) is 4.45. The number of morpholine rings is 1. The third kappa shape index (κ3) is 4.22. The van der Waals surface area contributed by atoms with Crippen molar-refractivity contribution in [2.45, 2.75) is 25.3 Å². The molecule has 0 bridgehead atoms. The molecule has 0 radical (unpaired) electrons. The predicted molar refractivity (Wildman–Crippen MR) is 108 cm³/mol. The third-order valence-electron chi connectivity index (χ3n) is 6.07. The van der Waals surface area contributed by atoms with Crippen LogP contribution in [0.4, 0.5) is 5.69 Å². The summed E-state index contributed by atoms with van der Waals surface area (Å²) in [6.07, 6.45) is 6.31. The van der Waals surface area contributed by atoms with E-state index in [1.54, 1.807) is 0 Å². The van der Waals surface area contributed by atoms with Crippen molar-refractivity contribution in [1.82, 2.24) is 10.2 Å². The molecule has 6 nitrogen and oxygen atoms in total. The van der Waals surface area contributed by atoms with E-state index in [0.29, 0.717) is 39.1 Å². The Morgan fingerprint density at radius 3 is 2.43 bits per heavy atom. The van der Waals surface area contributed by atoms with Crippen LogP contribution in [0.25, 0.3) is 0 Å². The number of nitrogens with zero attached hydrogens (tertiary/aromatic N) is 2. The minimum Gasteiger partial charge on any atom is -0.378 e. The average Bonchev–Trinajstić information content (AvgIpc) is 3.23. The Kier molecular flexibility index (Phi) is 5.95. The van der Waals surface area contributed by atoms with Gasteiger partial charge in [0.15, 0.2) is 0 Å². The summed E-state index contributed by atoms with van der Waals surface area (Å²) in [5, 5.41) is 3.23. The van der Waals surface area contributed by atoms with Crippen molar-refractivity contribution in [3.8, 4) is 0 Å². The zero-order valence-corrected chi connectivity index (χ0v) is 16.3. The normalized spacial score (nSPS) is 27.6. The maximum Gasteiger partial charge on any atom is 0.226 e. The SMILES string of the molecule is O=C(N[C@@H]1CCN(c2ccccc2)C1)[C@H]1CC=CC[C@H]1C(=O)N1CCOCC1. The van der Waals surface area contributed by atoms with Gasteiger partial charge in [-0.1, -0.05) is 30.4 Å². The molecule has 0 spiro atoms. The van der Waals surface area contributed by atoms with Crippen LogP contribution in [0.1, 0.15) is 19.3 Å². The van der Waals surface area contributed by atoms with Crippen LogP contribution < -0.4 is 10.2 Å². The van der Waals surface area contributed by atoms with Crippen LogP contribution in [0.2, 0.25) is 0 Å². The van der Waals surface area contributed by atoms with Crippen LogP contribution in [0.5, 0.6) is 0 Å². The maximum absolute atomic E-state index is 13.0. The molecule has 0 unspecified atom stereocenters. The number of benzene rings is 1. The molecule has 1 N–H and O–H groups in total. The van der Waals surface area contributed by atoms with E-state index in [1.807, 2.05) is 35.3 Å². The van der Waals surface area contributed by atoms with Gasteiger partial charge in [-0.15, -0.1) is 0 Å². The van der Waals surface area contributed by atoms with E-state index in [2.05, 4.69) is 22.3 Å². The van der Waals surface area contributed by atoms with Crippen LogP contribution in [-0.4, -0.2) is 62.1 Å². The van der Waals surface area contributed by atoms with Crippen molar-refractivity contribution in [3.63, 3.8) is 0 Å². The van der Waals surface area contributed by atoms with Crippen LogP contribution >= 0.6 is 0 Å². The molecule has 0 aromatic heterocycles. The molecule has 4 rings (SSSR count). The van der Waals surface area contributed by atoms with Gasteiger partial charge in [-0.2, -0.15) is 0 Å². The van der Waals surface area contributed by atoms with Gasteiger partial charge in [-0.25, -0.2) is 0 Å². The highest BCUT2D eigenvalue weighted by Crippen LogP contribution is 2.29. The van der Waals surface area contributed by atoms with Crippen molar-refractivity contribution >= 4 is 17.5 Å². The summed E-state index contributed by atoms with van der Waals surface area (Å²) in [4.78, 5) is 30.2. The van der Waals surface area contributed by atoms with Gasteiger partial charge < -0.3 is 19.9 Å². The number of amides is 2. The number of rotatable bonds is 4. The summed E-state index contributed by atoms with van der Waals surface area (Å²) < 4.78 is 5.35. The van der Waals surface area contributed by atoms with Crippen LogP contribution in [0.3, 0.4) is 0 Å². The zero-order chi connectivity index (χ0) is 19.3. The average molecular weight is 383 g/mol. The van der Waals surface area contributed by atoms with Crippen LogP contribution in [0, 0.1) is 11.8 Å². The van der Waals surface area contributed by atoms with E-state index in [4.69, 9.17) is 4.74 Å². The second-order valence-electron chi connectivity index (χ2n) is 7.87. The Bertz CT molecular complexity index is 715. The van der Waals surface area contributed by atoms with E-state index in [-0.39, 0.29) is 29.7 Å². The molecule has 2 fully saturated rings. The van der Waals surface area contributed by atoms with E-state index in [1.165, 1.54) is 5.69 Å². The molecular weight excluding hydrogens is 354 g/mol. The highest BCUT2D eigenvalue weighted by atomic mass is 16.5. The van der Waals surface area contributed by atoms with Crippen molar-refractivity contribution in [1.29, 1.82) is 0 Å². The van der Waals surface area contributed by atoms with Gasteiger partial charge >= 0.3 is 0 Å². The first-order valence-corrected chi connectivity index (χ1v) is 10.3. The summed E-state index contributed by atoms with van der Waals surface area (Å²) >= 11 is 0. The monoisotopic (exact) mass is 383 g/mol. The fraction of sp³-hybridized carbons (Fsp3) is 0.545. The minimum absolute atomic E-state index is 0.0240. The van der Waals surface area contributed by atoms with E-state index < -0.39 is 0 Å². The molecule has 2 saturated heterocycles. The van der Waals surface area contributed by atoms with Gasteiger partial charge in [0.1, 0.15) is 0 Å². The van der Waals surface area contributed by atoms with Gasteiger partial charge in [-0.05, 0) is 31.4 Å². The molecule has 3 atom stereocenters. The number of anilines is 1. The Hall–Kier alpha value is -2.34. The number of nitrogens with one attached hydrogen (secondary N) is 1. The number of carbonyl (C=O) groups excluding carboxylic acids is 2. The lowest BCUT2D eigenvalue weighted by atomic mass is 9.81. The molecule has 28 heavy (non-hydrogen) atoms. The second-order valence-corrected chi connectivity index (χ2v) is 7.87. The molecule has 0 saturated carbocycles. The highest BCUT2D eigenvalue weighted by molar-refractivity contribution is 5.88. The molecular formula is C22H29N3O3. The van der Waals surface area contributed by atoms with Crippen molar-refractivity contribution < 1.29 is 14.3 Å². The van der Waals surface area contributed by atoms with Gasteiger partial charge in [0.25, 0.3) is 0 Å². The smallest absolute Gasteiger partial charge is 0.226 e. The number of hydrogen-bond donors (Lipinski definition) is 1. The van der Waals surface area contributed by atoms with Crippen molar-refractivity contribution in [2.24, 2.45) is 11.8 Å². The lowest BCUT2D eigenvalue weighted by Gasteiger charge is -2.34. The second kappa shape index (κ2) is 8.78. The first kappa shape index (κ1) is 19.0. The van der Waals surface area contributed by atoms with E-state index in [9.17, 15) is 9.59 Å². The van der Waals surface area contributed by atoms with Crippen LogP contribution in [0.15, 0.2) is 42.5 Å². The van der Waals surface area contributed by atoms with Gasteiger partial charge in [-0.3, -0.25) is 9.59 Å². The predicted octanol–water partition coefficient (Wildman–Crippen LogP) is 1.82. The third-order valence-corrected chi connectivity index (χ3v) is 6.07. The zero-order valence-electron chi connectivity index (χ0n) is 16.3. The summed E-state index contributed by atoms with van der Waals surface area (Å²) in [5.41, 5.74) is 1.19. The topological polar surface area (TPSA) is 61.9 Å². The molecule has 1 aromatic rings. The van der Waals surface area contributed by atoms with E-state index in [0.717, 1.165) is 19.5 Å². The lowest BCUT2D eigenvalue weighted by molar-refractivity contribution is -0.145. The lowest BCUT2D eigenvalue weighted by Crippen LogP contribution is -2.49. The van der Waals surface area contributed by atoms with Crippen molar-refractivity contribution in [2.75, 3.05) is 44.3 Å². The molecule has 150 valence electrons. The van der Waals surface area contributed by atoms with Gasteiger partial charge in [0.2, 0.25) is 11.8 Å². The summed E-state index contributed by atoms with van der Waals surface area (Å²) in [7, 11) is 0. The van der Waals surface area contributed by atoms with Gasteiger partial charge in [0.05, 0.1) is 25.0 Å². The maximum atomic E-state index is 13.0. The molecule has 2 aliphatic heterocycles. The van der Waals surface area contributed by atoms with Crippen LogP contribution in [-0.2, 0) is 14.3 Å². The molecule has 2 heterocycles. The first-order valence-electron chi connectivity index (χ1n) is 10.3. The molecule has 3 aliphatic rings. The number of carbonyl (C=O) groups is 2. The molecule has 6 heteroatoms. The number of hydrogen-bond acceptors (Lipinski definition) is 4. The highest BCUT2D eigenvalue weighted by Gasteiger charge is 2.38. The number of para-hydroxylation sites is 1. The Labute approximate surface area is 166 Å². The fourth-order valence-corrected chi connectivity index (χ4v) is 4.45. The largest absolute Gasteiger partial charge is 0.378 e. The van der Waals surface area contributed by atoms with Crippen molar-refractivity contribution in [3.05, 3.63) is 42.5 Å². The Morgan fingerprint density at radius 1 is 0.964 bits per heavy atom. The summed E-state index contributed by atoms with van der Waals surface area (Å²) in [6.45, 7) is 4.19. The first-order chi connectivity index (χ1) is 13.7. The molecule has 1 aliphatic carbocycles. The summed E-state index contributed by atoms with van der Waals surface area (Å²) in [6, 6.07) is 10.4. The quantitative estimate of drug-likeness (QED) is 0.806. The number of allylic oxidation sites excluding steroid dienone is 2. The van der Waals surface area contributed by atoms with Gasteiger partial charge in [0, 0.05) is 37.9 Å². The molecule has 1 aromatic carbocycles. The Morgan fingerprint density at radius 2 is 1.68 bits per heavy atom. The Balaban J connectivity index is 1.36. The minimum atomic E-state index is -0.272. The summed E-state index contributed by atoms with van der Waals surface area (Å²) in [5.74, 6) is -0.401. The van der Waals surface area contributed by atoms with E-state index >= 15 is 0 Å². The number of ether oxygens (including phenoxy) is 1. The molecule has 2 amide bonds.